The third-order valence-corrected chi connectivity index (χ3v) is 2.79. The van der Waals surface area contributed by atoms with Gasteiger partial charge in [-0.25, -0.2) is 4.39 Å². The van der Waals surface area contributed by atoms with E-state index in [-0.39, 0.29) is 16.8 Å². The van der Waals surface area contributed by atoms with Crippen molar-refractivity contribution in [1.82, 2.24) is 5.32 Å². The second-order valence-electron chi connectivity index (χ2n) is 3.78. The summed E-state index contributed by atoms with van der Waals surface area (Å²) in [5.41, 5.74) is 0.405. The maximum atomic E-state index is 12.9. The van der Waals surface area contributed by atoms with Crippen molar-refractivity contribution in [2.24, 2.45) is 0 Å². The van der Waals surface area contributed by atoms with Crippen molar-refractivity contribution in [3.05, 3.63) is 29.0 Å². The number of carbonyl (C=O) groups is 2. The molecule has 6 heteroatoms. The molecule has 0 aromatic heterocycles. The van der Waals surface area contributed by atoms with Crippen LogP contribution in [0.5, 0.6) is 0 Å². The number of amides is 2. The molecule has 1 aromatic rings. The average molecular weight is 257 g/mol. The topological polar surface area (TPSA) is 58.2 Å². The molecule has 2 N–H and O–H groups in total. The van der Waals surface area contributed by atoms with Crippen LogP contribution in [-0.4, -0.2) is 17.9 Å². The minimum absolute atomic E-state index is 0.0572. The highest BCUT2D eigenvalue weighted by atomic mass is 35.5. The van der Waals surface area contributed by atoms with E-state index in [2.05, 4.69) is 10.6 Å². The van der Waals surface area contributed by atoms with Gasteiger partial charge in [0.1, 0.15) is 11.9 Å². The summed E-state index contributed by atoms with van der Waals surface area (Å²) < 4.78 is 12.9. The van der Waals surface area contributed by atoms with Gasteiger partial charge in [0.15, 0.2) is 0 Å². The number of anilines is 1. The van der Waals surface area contributed by atoms with Crippen molar-refractivity contribution in [3.8, 4) is 0 Å². The van der Waals surface area contributed by atoms with Gasteiger partial charge in [0, 0.05) is 12.1 Å². The molecule has 0 bridgehead atoms. The molecule has 1 aliphatic rings. The minimum Gasteiger partial charge on any atom is -0.344 e. The van der Waals surface area contributed by atoms with Crippen LogP contribution in [0.1, 0.15) is 12.8 Å². The molecule has 90 valence electrons. The van der Waals surface area contributed by atoms with Crippen molar-refractivity contribution in [2.45, 2.75) is 18.9 Å². The van der Waals surface area contributed by atoms with Gasteiger partial charge < -0.3 is 10.6 Å². The molecule has 1 aromatic carbocycles. The smallest absolute Gasteiger partial charge is 0.246 e. The Morgan fingerprint density at radius 3 is 2.88 bits per heavy atom. The number of nitrogens with one attached hydrogen (secondary N) is 2. The molecule has 0 spiro atoms. The van der Waals surface area contributed by atoms with Crippen LogP contribution in [0, 0.1) is 5.82 Å². The normalized spacial score (nSPS) is 18.9. The Balaban J connectivity index is 2.03. The van der Waals surface area contributed by atoms with Gasteiger partial charge in [0.25, 0.3) is 0 Å². The molecule has 4 nitrogen and oxygen atoms in total. The molecule has 0 aliphatic carbocycles. The van der Waals surface area contributed by atoms with Gasteiger partial charge in [-0.2, -0.15) is 0 Å². The first-order valence-electron chi connectivity index (χ1n) is 5.11. The fourth-order valence-corrected chi connectivity index (χ4v) is 1.79. The van der Waals surface area contributed by atoms with E-state index < -0.39 is 11.9 Å². The lowest BCUT2D eigenvalue weighted by molar-refractivity contribution is -0.122. The maximum absolute atomic E-state index is 12.9. The Kier molecular flexibility index (Phi) is 3.28. The predicted octanol–water partition coefficient (Wildman–Crippen LogP) is 1.70. The Bertz CT molecular complexity index is 479. The third kappa shape index (κ3) is 2.74. The standard InChI is InChI=1S/C11H10ClFN2O2/c12-7-5-6(1-2-8(7)13)14-11(17)9-3-4-10(16)15-9/h1-2,5,9H,3-4H2,(H,14,17)(H,15,16)/t9-/m0/s1. The van der Waals surface area contributed by atoms with Gasteiger partial charge in [0.2, 0.25) is 11.8 Å². The van der Waals surface area contributed by atoms with Crippen LogP contribution >= 0.6 is 11.6 Å². The van der Waals surface area contributed by atoms with E-state index in [1.165, 1.54) is 18.2 Å². The van der Waals surface area contributed by atoms with E-state index >= 15 is 0 Å². The van der Waals surface area contributed by atoms with Crippen LogP contribution in [-0.2, 0) is 9.59 Å². The fourth-order valence-electron chi connectivity index (χ4n) is 1.61. The molecule has 17 heavy (non-hydrogen) atoms. The molecule has 2 amide bonds. The number of benzene rings is 1. The van der Waals surface area contributed by atoms with Crippen molar-refractivity contribution < 1.29 is 14.0 Å². The number of carbonyl (C=O) groups excluding carboxylic acids is 2. The van der Waals surface area contributed by atoms with E-state index in [4.69, 9.17) is 11.6 Å². The van der Waals surface area contributed by atoms with Crippen LogP contribution in [0.25, 0.3) is 0 Å². The molecule has 1 saturated heterocycles. The van der Waals surface area contributed by atoms with Crippen LogP contribution < -0.4 is 10.6 Å². The summed E-state index contributed by atoms with van der Waals surface area (Å²) >= 11 is 5.58. The quantitative estimate of drug-likeness (QED) is 0.846. The molecule has 0 radical (unpaired) electrons. The highest BCUT2D eigenvalue weighted by Gasteiger charge is 2.27. The van der Waals surface area contributed by atoms with Crippen molar-refractivity contribution in [2.75, 3.05) is 5.32 Å². The van der Waals surface area contributed by atoms with Crippen molar-refractivity contribution in [3.63, 3.8) is 0 Å². The van der Waals surface area contributed by atoms with Crippen LogP contribution in [0.15, 0.2) is 18.2 Å². The largest absolute Gasteiger partial charge is 0.344 e. The first kappa shape index (κ1) is 11.9. The number of hydrogen-bond donors (Lipinski definition) is 2. The molecule has 1 aliphatic heterocycles. The molecule has 2 rings (SSSR count). The van der Waals surface area contributed by atoms with Gasteiger partial charge in [-0.1, -0.05) is 11.6 Å². The van der Waals surface area contributed by atoms with E-state index in [1.54, 1.807) is 0 Å². The molecular weight excluding hydrogens is 247 g/mol. The van der Waals surface area contributed by atoms with E-state index in [0.29, 0.717) is 18.5 Å². The van der Waals surface area contributed by atoms with Gasteiger partial charge in [-0.05, 0) is 24.6 Å². The monoisotopic (exact) mass is 256 g/mol. The number of hydrogen-bond acceptors (Lipinski definition) is 2. The summed E-state index contributed by atoms with van der Waals surface area (Å²) in [5, 5.41) is 5.05. The lowest BCUT2D eigenvalue weighted by atomic mass is 10.2. The zero-order chi connectivity index (χ0) is 12.4. The zero-order valence-corrected chi connectivity index (χ0v) is 9.55. The predicted molar refractivity (Wildman–Crippen MR) is 61.2 cm³/mol. The number of halogens is 2. The highest BCUT2D eigenvalue weighted by molar-refractivity contribution is 6.31. The SMILES string of the molecule is O=C1CC[C@@H](C(=O)Nc2ccc(F)c(Cl)c2)N1. The summed E-state index contributed by atoms with van der Waals surface area (Å²) in [6.07, 6.45) is 0.821. The van der Waals surface area contributed by atoms with Crippen molar-refractivity contribution >= 4 is 29.1 Å². The summed E-state index contributed by atoms with van der Waals surface area (Å²) in [4.78, 5) is 22.6. The van der Waals surface area contributed by atoms with Gasteiger partial charge in [-0.15, -0.1) is 0 Å². The van der Waals surface area contributed by atoms with E-state index in [0.717, 1.165) is 0 Å². The Labute approximate surface area is 102 Å². The Morgan fingerprint density at radius 1 is 1.53 bits per heavy atom. The Hall–Kier alpha value is -1.62. The molecule has 0 saturated carbocycles. The molecular formula is C11H10ClFN2O2. The first-order valence-corrected chi connectivity index (χ1v) is 5.49. The Morgan fingerprint density at radius 2 is 2.29 bits per heavy atom. The third-order valence-electron chi connectivity index (χ3n) is 2.50. The van der Waals surface area contributed by atoms with Crippen molar-refractivity contribution in [1.29, 1.82) is 0 Å². The van der Waals surface area contributed by atoms with Crippen LogP contribution in [0.4, 0.5) is 10.1 Å². The lowest BCUT2D eigenvalue weighted by Gasteiger charge is -2.11. The maximum Gasteiger partial charge on any atom is 0.246 e. The lowest BCUT2D eigenvalue weighted by Crippen LogP contribution is -2.37. The highest BCUT2D eigenvalue weighted by Crippen LogP contribution is 2.20. The molecule has 0 unspecified atom stereocenters. The fraction of sp³-hybridized carbons (Fsp3) is 0.273. The average Bonchev–Trinajstić information content (AvgIpc) is 2.70. The summed E-state index contributed by atoms with van der Waals surface area (Å²) in [6, 6.07) is 3.39. The molecule has 1 atom stereocenters. The van der Waals surface area contributed by atoms with Gasteiger partial charge in [0.05, 0.1) is 5.02 Å². The van der Waals surface area contributed by atoms with Crippen LogP contribution in [0.2, 0.25) is 5.02 Å². The first-order chi connectivity index (χ1) is 8.06. The van der Waals surface area contributed by atoms with Crippen LogP contribution in [0.3, 0.4) is 0 Å². The number of rotatable bonds is 2. The van der Waals surface area contributed by atoms with E-state index in [9.17, 15) is 14.0 Å². The minimum atomic E-state index is -0.543. The molecule has 1 heterocycles. The zero-order valence-electron chi connectivity index (χ0n) is 8.80. The summed E-state index contributed by atoms with van der Waals surface area (Å²) in [5.74, 6) is -1.00. The van der Waals surface area contributed by atoms with Gasteiger partial charge >= 0.3 is 0 Å². The van der Waals surface area contributed by atoms with Gasteiger partial charge in [-0.3, -0.25) is 9.59 Å². The second-order valence-corrected chi connectivity index (χ2v) is 4.18. The molecule has 1 fully saturated rings. The summed E-state index contributed by atoms with van der Waals surface area (Å²) in [7, 11) is 0. The second kappa shape index (κ2) is 4.71. The summed E-state index contributed by atoms with van der Waals surface area (Å²) in [6.45, 7) is 0. The van der Waals surface area contributed by atoms with E-state index in [1.807, 2.05) is 0 Å².